The molecule has 162 valence electrons. The van der Waals surface area contributed by atoms with Gasteiger partial charge in [0.25, 0.3) is 5.91 Å². The number of nitrogens with zero attached hydrogens (tertiary/aromatic N) is 4. The Balaban J connectivity index is 1.27. The number of carbonyl (C=O) groups is 2. The molecule has 1 aliphatic rings. The zero-order valence-corrected chi connectivity index (χ0v) is 17.6. The lowest BCUT2D eigenvalue weighted by molar-refractivity contribution is -0.151. The summed E-state index contributed by atoms with van der Waals surface area (Å²) in [5.74, 6) is -2.80. The Labute approximate surface area is 181 Å². The van der Waals surface area contributed by atoms with E-state index in [-0.39, 0.29) is 24.1 Å². The van der Waals surface area contributed by atoms with E-state index in [9.17, 15) is 18.4 Å². The van der Waals surface area contributed by atoms with Crippen molar-refractivity contribution in [1.29, 1.82) is 0 Å². The first kappa shape index (κ1) is 21.1. The molecule has 2 aromatic heterocycles. The monoisotopic (exact) mass is 446 g/mol. The van der Waals surface area contributed by atoms with Crippen molar-refractivity contribution in [3.8, 4) is 10.6 Å². The lowest BCUT2D eigenvalue weighted by Gasteiger charge is -2.31. The van der Waals surface area contributed by atoms with E-state index < -0.39 is 17.5 Å². The SMILES string of the molecule is Cn1cc(-c2nc(COC(=O)C3CCN(C(=O)c4ccc(F)cc4F)CC3)cs2)cn1. The van der Waals surface area contributed by atoms with E-state index in [0.29, 0.717) is 37.7 Å². The molecule has 0 spiro atoms. The van der Waals surface area contributed by atoms with Gasteiger partial charge in [-0.3, -0.25) is 14.3 Å². The van der Waals surface area contributed by atoms with Crippen molar-refractivity contribution in [1.82, 2.24) is 19.7 Å². The highest BCUT2D eigenvalue weighted by Crippen LogP contribution is 2.25. The average molecular weight is 446 g/mol. The number of thiazole rings is 1. The summed E-state index contributed by atoms with van der Waals surface area (Å²) in [5.41, 5.74) is 1.40. The molecule has 0 atom stereocenters. The zero-order chi connectivity index (χ0) is 22.0. The molecule has 0 bridgehead atoms. The first-order valence-electron chi connectivity index (χ1n) is 9.75. The first-order valence-corrected chi connectivity index (χ1v) is 10.6. The summed E-state index contributed by atoms with van der Waals surface area (Å²) < 4.78 is 34.0. The third-order valence-corrected chi connectivity index (χ3v) is 6.08. The summed E-state index contributed by atoms with van der Waals surface area (Å²) in [4.78, 5) is 30.8. The number of aromatic nitrogens is 3. The van der Waals surface area contributed by atoms with Crippen LogP contribution in [-0.4, -0.2) is 44.6 Å². The Morgan fingerprint density at radius 3 is 2.71 bits per heavy atom. The summed E-state index contributed by atoms with van der Waals surface area (Å²) >= 11 is 1.45. The molecule has 1 amide bonds. The van der Waals surface area contributed by atoms with Crippen molar-refractivity contribution in [3.63, 3.8) is 0 Å². The van der Waals surface area contributed by atoms with Crippen LogP contribution in [0.3, 0.4) is 0 Å². The number of benzene rings is 1. The van der Waals surface area contributed by atoms with Crippen LogP contribution in [0.1, 0.15) is 28.9 Å². The molecule has 3 heterocycles. The van der Waals surface area contributed by atoms with Crippen LogP contribution in [0, 0.1) is 17.6 Å². The number of aryl methyl sites for hydroxylation is 1. The number of hydrogen-bond donors (Lipinski definition) is 0. The van der Waals surface area contributed by atoms with Gasteiger partial charge < -0.3 is 9.64 Å². The third-order valence-electron chi connectivity index (χ3n) is 5.14. The number of halogens is 2. The Bertz CT molecular complexity index is 1110. The van der Waals surface area contributed by atoms with E-state index in [2.05, 4.69) is 10.1 Å². The summed E-state index contributed by atoms with van der Waals surface area (Å²) in [6.07, 6.45) is 4.43. The topological polar surface area (TPSA) is 77.3 Å². The fourth-order valence-corrected chi connectivity index (χ4v) is 4.23. The normalized spacial score (nSPS) is 14.6. The molecule has 1 fully saturated rings. The highest BCUT2D eigenvalue weighted by molar-refractivity contribution is 7.13. The maximum Gasteiger partial charge on any atom is 0.309 e. The zero-order valence-electron chi connectivity index (χ0n) is 16.8. The fraction of sp³-hybridized carbons (Fsp3) is 0.333. The fourth-order valence-electron chi connectivity index (χ4n) is 3.45. The summed E-state index contributed by atoms with van der Waals surface area (Å²) in [6, 6.07) is 2.88. The number of hydrogen-bond acceptors (Lipinski definition) is 6. The van der Waals surface area contributed by atoms with E-state index in [0.717, 1.165) is 22.7 Å². The van der Waals surface area contributed by atoms with Gasteiger partial charge in [-0.1, -0.05) is 0 Å². The minimum Gasteiger partial charge on any atom is -0.459 e. The van der Waals surface area contributed by atoms with E-state index in [1.165, 1.54) is 16.2 Å². The second-order valence-corrected chi connectivity index (χ2v) is 8.20. The molecule has 0 radical (unpaired) electrons. The van der Waals surface area contributed by atoms with Gasteiger partial charge in [-0.05, 0) is 25.0 Å². The number of ether oxygens (including phenoxy) is 1. The van der Waals surface area contributed by atoms with Crippen molar-refractivity contribution >= 4 is 23.2 Å². The molecule has 0 aliphatic carbocycles. The van der Waals surface area contributed by atoms with Crippen LogP contribution in [-0.2, 0) is 23.2 Å². The largest absolute Gasteiger partial charge is 0.459 e. The molecule has 0 saturated carbocycles. The van der Waals surface area contributed by atoms with Crippen molar-refractivity contribution in [2.45, 2.75) is 19.4 Å². The van der Waals surface area contributed by atoms with Crippen LogP contribution in [0.25, 0.3) is 10.6 Å². The number of rotatable bonds is 5. The number of piperidine rings is 1. The van der Waals surface area contributed by atoms with Gasteiger partial charge >= 0.3 is 5.97 Å². The quantitative estimate of drug-likeness (QED) is 0.562. The predicted octanol–water partition coefficient (Wildman–Crippen LogP) is 3.42. The van der Waals surface area contributed by atoms with Gasteiger partial charge in [0.15, 0.2) is 0 Å². The van der Waals surface area contributed by atoms with E-state index >= 15 is 0 Å². The van der Waals surface area contributed by atoms with E-state index in [1.807, 2.05) is 18.6 Å². The van der Waals surface area contributed by atoms with Gasteiger partial charge in [-0.15, -0.1) is 11.3 Å². The van der Waals surface area contributed by atoms with Crippen LogP contribution in [0.15, 0.2) is 36.0 Å². The molecule has 1 aromatic carbocycles. The van der Waals surface area contributed by atoms with Gasteiger partial charge in [0, 0.05) is 43.3 Å². The summed E-state index contributed by atoms with van der Waals surface area (Å²) in [6.45, 7) is 0.685. The maximum absolute atomic E-state index is 13.9. The van der Waals surface area contributed by atoms with Crippen LogP contribution < -0.4 is 0 Å². The summed E-state index contributed by atoms with van der Waals surface area (Å²) in [7, 11) is 1.83. The molecule has 1 aliphatic heterocycles. The van der Waals surface area contributed by atoms with Gasteiger partial charge in [-0.2, -0.15) is 5.10 Å². The van der Waals surface area contributed by atoms with Crippen LogP contribution >= 0.6 is 11.3 Å². The Kier molecular flexibility index (Phi) is 6.08. The average Bonchev–Trinajstić information content (AvgIpc) is 3.40. The second kappa shape index (κ2) is 8.93. The van der Waals surface area contributed by atoms with Crippen LogP contribution in [0.4, 0.5) is 8.78 Å². The number of esters is 1. The molecular weight excluding hydrogens is 426 g/mol. The molecule has 7 nitrogen and oxygen atoms in total. The predicted molar refractivity (Wildman–Crippen MR) is 109 cm³/mol. The summed E-state index contributed by atoms with van der Waals surface area (Å²) in [5, 5.41) is 6.76. The molecule has 0 unspecified atom stereocenters. The Morgan fingerprint density at radius 2 is 2.03 bits per heavy atom. The van der Waals surface area contributed by atoms with Gasteiger partial charge in [0.1, 0.15) is 23.2 Å². The Hall–Kier alpha value is -3.14. The van der Waals surface area contributed by atoms with E-state index in [1.54, 1.807) is 10.9 Å². The molecular formula is C21H20F2N4O3S. The smallest absolute Gasteiger partial charge is 0.309 e. The van der Waals surface area contributed by atoms with Gasteiger partial charge in [0.2, 0.25) is 0 Å². The molecule has 31 heavy (non-hydrogen) atoms. The number of amides is 1. The van der Waals surface area contributed by atoms with Crippen molar-refractivity contribution in [2.75, 3.05) is 13.1 Å². The van der Waals surface area contributed by atoms with Crippen LogP contribution in [0.5, 0.6) is 0 Å². The van der Waals surface area contributed by atoms with Gasteiger partial charge in [-0.25, -0.2) is 13.8 Å². The molecule has 3 aromatic rings. The van der Waals surface area contributed by atoms with E-state index in [4.69, 9.17) is 4.74 Å². The standard InChI is InChI=1S/C21H20F2N4O3S/c1-26-10-14(9-24-26)19-25-16(12-31-19)11-30-21(29)13-4-6-27(7-5-13)20(28)17-3-2-15(22)8-18(17)23/h2-3,8-10,12-13H,4-7,11H2,1H3. The van der Waals surface area contributed by atoms with Gasteiger partial charge in [0.05, 0.1) is 23.4 Å². The number of likely N-dealkylation sites (tertiary alicyclic amines) is 1. The van der Waals surface area contributed by atoms with Crippen molar-refractivity contribution in [3.05, 3.63) is 58.9 Å². The minimum absolute atomic E-state index is 0.0789. The van der Waals surface area contributed by atoms with Crippen molar-refractivity contribution in [2.24, 2.45) is 13.0 Å². The molecule has 10 heteroatoms. The molecule has 1 saturated heterocycles. The third kappa shape index (κ3) is 4.79. The minimum atomic E-state index is -0.888. The second-order valence-electron chi connectivity index (χ2n) is 7.35. The lowest BCUT2D eigenvalue weighted by atomic mass is 9.96. The lowest BCUT2D eigenvalue weighted by Crippen LogP contribution is -2.41. The van der Waals surface area contributed by atoms with Crippen molar-refractivity contribution < 1.29 is 23.1 Å². The highest BCUT2D eigenvalue weighted by atomic mass is 32.1. The maximum atomic E-state index is 13.9. The number of carbonyl (C=O) groups excluding carboxylic acids is 2. The first-order chi connectivity index (χ1) is 14.9. The van der Waals surface area contributed by atoms with Crippen LogP contribution in [0.2, 0.25) is 0 Å². The molecule has 0 N–H and O–H groups in total. The molecule has 4 rings (SSSR count). The Morgan fingerprint density at radius 1 is 1.26 bits per heavy atom. The highest BCUT2D eigenvalue weighted by Gasteiger charge is 2.30.